The molecule has 1 saturated carbocycles. The van der Waals surface area contributed by atoms with Crippen LogP contribution in [0, 0.1) is 13.8 Å². The predicted molar refractivity (Wildman–Crippen MR) is 141 cm³/mol. The number of carbonyl (C=O) groups excluding carboxylic acids is 3. The van der Waals surface area contributed by atoms with Gasteiger partial charge >= 0.3 is 6.09 Å². The van der Waals surface area contributed by atoms with Crippen LogP contribution < -0.4 is 10.6 Å². The number of rotatable bonds is 9. The highest BCUT2D eigenvalue weighted by atomic mass is 16.6. The SMILES string of the molecule is CCC(C)N(C(=O)C(CO)NC(=O)OC(C)(C)C)C(C(=O)NC1CCCCC1)c1ccc(C)c(C)c1. The highest BCUT2D eigenvalue weighted by Gasteiger charge is 2.39. The molecule has 36 heavy (non-hydrogen) atoms. The molecular formula is C28H45N3O5. The van der Waals surface area contributed by atoms with Crippen LogP contribution in [0.1, 0.15) is 95.9 Å². The molecule has 0 aromatic heterocycles. The minimum absolute atomic E-state index is 0.0720. The van der Waals surface area contributed by atoms with Gasteiger partial charge < -0.3 is 25.4 Å². The first-order chi connectivity index (χ1) is 16.9. The van der Waals surface area contributed by atoms with Gasteiger partial charge in [-0.3, -0.25) is 9.59 Å². The number of amides is 3. The van der Waals surface area contributed by atoms with Crippen LogP contribution in [0.5, 0.6) is 0 Å². The van der Waals surface area contributed by atoms with Crippen molar-refractivity contribution in [2.24, 2.45) is 0 Å². The average molecular weight is 504 g/mol. The molecule has 1 aliphatic rings. The zero-order valence-corrected chi connectivity index (χ0v) is 23.0. The Bertz CT molecular complexity index is 905. The largest absolute Gasteiger partial charge is 0.444 e. The lowest BCUT2D eigenvalue weighted by Gasteiger charge is -2.39. The molecule has 0 saturated heterocycles. The summed E-state index contributed by atoms with van der Waals surface area (Å²) in [4.78, 5) is 41.6. The zero-order valence-electron chi connectivity index (χ0n) is 23.0. The van der Waals surface area contributed by atoms with E-state index in [1.54, 1.807) is 20.8 Å². The van der Waals surface area contributed by atoms with Gasteiger partial charge in [-0.15, -0.1) is 0 Å². The zero-order chi connectivity index (χ0) is 27.0. The predicted octanol–water partition coefficient (Wildman–Crippen LogP) is 4.31. The number of alkyl carbamates (subject to hydrolysis) is 1. The normalized spacial score (nSPS) is 17.0. The van der Waals surface area contributed by atoms with Crippen molar-refractivity contribution < 1.29 is 24.2 Å². The number of nitrogens with zero attached hydrogens (tertiary/aromatic N) is 1. The quantitative estimate of drug-likeness (QED) is 0.466. The Kier molecular flexibility index (Phi) is 10.8. The van der Waals surface area contributed by atoms with E-state index in [1.807, 2.05) is 45.9 Å². The van der Waals surface area contributed by atoms with Crippen LogP contribution in [0.15, 0.2) is 18.2 Å². The second-order valence-corrected chi connectivity index (χ2v) is 11.0. The van der Waals surface area contributed by atoms with Crippen molar-refractivity contribution in [3.8, 4) is 0 Å². The number of ether oxygens (including phenoxy) is 1. The van der Waals surface area contributed by atoms with Crippen molar-refractivity contribution in [2.75, 3.05) is 6.61 Å². The van der Waals surface area contributed by atoms with Gasteiger partial charge in [-0.25, -0.2) is 4.79 Å². The van der Waals surface area contributed by atoms with Gasteiger partial charge in [-0.05, 0) is 77.5 Å². The fourth-order valence-electron chi connectivity index (χ4n) is 4.51. The highest BCUT2D eigenvalue weighted by molar-refractivity contribution is 5.92. The van der Waals surface area contributed by atoms with Crippen molar-refractivity contribution in [1.29, 1.82) is 0 Å². The molecule has 1 aliphatic carbocycles. The van der Waals surface area contributed by atoms with Crippen LogP contribution in [-0.2, 0) is 14.3 Å². The lowest BCUT2D eigenvalue weighted by Crippen LogP contribution is -2.57. The number of benzene rings is 1. The third kappa shape index (κ3) is 8.22. The summed E-state index contributed by atoms with van der Waals surface area (Å²) >= 11 is 0. The summed E-state index contributed by atoms with van der Waals surface area (Å²) in [6.07, 6.45) is 4.94. The Morgan fingerprint density at radius 3 is 2.28 bits per heavy atom. The summed E-state index contributed by atoms with van der Waals surface area (Å²) < 4.78 is 5.30. The Hall–Kier alpha value is -2.61. The van der Waals surface area contributed by atoms with Gasteiger partial charge in [0.1, 0.15) is 17.7 Å². The van der Waals surface area contributed by atoms with Gasteiger partial charge in [0.2, 0.25) is 11.8 Å². The molecule has 0 spiro atoms. The second kappa shape index (κ2) is 13.1. The van der Waals surface area contributed by atoms with E-state index in [9.17, 15) is 19.5 Å². The van der Waals surface area contributed by atoms with E-state index < -0.39 is 36.3 Å². The fourth-order valence-corrected chi connectivity index (χ4v) is 4.51. The molecule has 3 atom stereocenters. The van der Waals surface area contributed by atoms with Crippen LogP contribution in [0.25, 0.3) is 0 Å². The lowest BCUT2D eigenvalue weighted by atomic mass is 9.93. The van der Waals surface area contributed by atoms with Gasteiger partial charge in [0, 0.05) is 12.1 Å². The summed E-state index contributed by atoms with van der Waals surface area (Å²) in [7, 11) is 0. The summed E-state index contributed by atoms with van der Waals surface area (Å²) in [5, 5.41) is 15.7. The maximum atomic E-state index is 13.9. The number of aliphatic hydroxyl groups is 1. The maximum absolute atomic E-state index is 13.9. The van der Waals surface area contributed by atoms with Crippen molar-refractivity contribution in [1.82, 2.24) is 15.5 Å². The van der Waals surface area contributed by atoms with Crippen molar-refractivity contribution in [2.45, 2.75) is 117 Å². The molecule has 1 fully saturated rings. The Morgan fingerprint density at radius 2 is 1.75 bits per heavy atom. The number of nitrogens with one attached hydrogen (secondary N) is 2. The van der Waals surface area contributed by atoms with Crippen LogP contribution >= 0.6 is 0 Å². The van der Waals surface area contributed by atoms with E-state index in [0.29, 0.717) is 12.0 Å². The molecule has 0 aliphatic heterocycles. The van der Waals surface area contributed by atoms with Crippen molar-refractivity contribution >= 4 is 17.9 Å². The van der Waals surface area contributed by atoms with E-state index in [2.05, 4.69) is 10.6 Å². The van der Waals surface area contributed by atoms with Crippen LogP contribution in [-0.4, -0.2) is 58.2 Å². The number of carbonyl (C=O) groups is 3. The first-order valence-electron chi connectivity index (χ1n) is 13.2. The lowest BCUT2D eigenvalue weighted by molar-refractivity contribution is -0.146. The summed E-state index contributed by atoms with van der Waals surface area (Å²) in [6, 6.07) is 3.38. The van der Waals surface area contributed by atoms with Crippen LogP contribution in [0.2, 0.25) is 0 Å². The van der Waals surface area contributed by atoms with Gasteiger partial charge in [-0.2, -0.15) is 0 Å². The third-order valence-electron chi connectivity index (χ3n) is 6.82. The summed E-state index contributed by atoms with van der Waals surface area (Å²) in [6.45, 7) is 12.3. The molecule has 3 amide bonds. The number of aliphatic hydroxyl groups excluding tert-OH is 1. The molecule has 3 unspecified atom stereocenters. The van der Waals surface area contributed by atoms with Gasteiger partial charge in [0.05, 0.1) is 6.61 Å². The highest BCUT2D eigenvalue weighted by Crippen LogP contribution is 2.29. The Morgan fingerprint density at radius 1 is 1.11 bits per heavy atom. The molecule has 2 rings (SSSR count). The molecule has 202 valence electrons. The van der Waals surface area contributed by atoms with Gasteiger partial charge in [-0.1, -0.05) is 44.4 Å². The smallest absolute Gasteiger partial charge is 0.408 e. The molecule has 0 heterocycles. The molecule has 8 nitrogen and oxygen atoms in total. The van der Waals surface area contributed by atoms with E-state index in [0.717, 1.165) is 36.8 Å². The number of hydrogen-bond donors (Lipinski definition) is 3. The molecule has 8 heteroatoms. The first kappa shape index (κ1) is 29.6. The minimum atomic E-state index is -1.25. The van der Waals surface area contributed by atoms with Crippen molar-refractivity contribution in [3.63, 3.8) is 0 Å². The molecule has 0 radical (unpaired) electrons. The maximum Gasteiger partial charge on any atom is 0.408 e. The monoisotopic (exact) mass is 503 g/mol. The summed E-state index contributed by atoms with van der Waals surface area (Å²) in [5.74, 6) is -0.771. The molecule has 1 aromatic carbocycles. The van der Waals surface area contributed by atoms with Gasteiger partial charge in [0.15, 0.2) is 0 Å². The van der Waals surface area contributed by atoms with Gasteiger partial charge in [0.25, 0.3) is 0 Å². The van der Waals surface area contributed by atoms with E-state index in [1.165, 1.54) is 11.3 Å². The molecular weight excluding hydrogens is 458 g/mol. The minimum Gasteiger partial charge on any atom is -0.444 e. The molecule has 0 bridgehead atoms. The number of hydrogen-bond acceptors (Lipinski definition) is 5. The standard InChI is InChI=1S/C28H45N3O5/c1-8-20(4)31(26(34)23(17-32)30-27(35)36-28(5,6)7)24(21-15-14-18(2)19(3)16-21)25(33)29-22-12-10-9-11-13-22/h14-16,20,22-24,32H,8-13,17H2,1-7H3,(H,29,33)(H,30,35). The van der Waals surface area contributed by atoms with Crippen LogP contribution in [0.4, 0.5) is 4.79 Å². The Balaban J connectivity index is 2.46. The number of aryl methyl sites for hydroxylation is 2. The van der Waals surface area contributed by atoms with E-state index in [-0.39, 0.29) is 18.0 Å². The first-order valence-corrected chi connectivity index (χ1v) is 13.2. The average Bonchev–Trinajstić information content (AvgIpc) is 2.81. The second-order valence-electron chi connectivity index (χ2n) is 11.0. The molecule has 3 N–H and O–H groups in total. The van der Waals surface area contributed by atoms with E-state index in [4.69, 9.17) is 4.74 Å². The van der Waals surface area contributed by atoms with E-state index >= 15 is 0 Å². The fraction of sp³-hybridized carbons (Fsp3) is 0.679. The molecule has 1 aromatic rings. The van der Waals surface area contributed by atoms with Crippen molar-refractivity contribution in [3.05, 3.63) is 34.9 Å². The Labute approximate surface area is 216 Å². The third-order valence-corrected chi connectivity index (χ3v) is 6.82. The van der Waals surface area contributed by atoms with Crippen LogP contribution in [0.3, 0.4) is 0 Å². The topological polar surface area (TPSA) is 108 Å². The summed E-state index contributed by atoms with van der Waals surface area (Å²) in [5.41, 5.74) is 2.05.